The van der Waals surface area contributed by atoms with Gasteiger partial charge < -0.3 is 10.0 Å². The minimum absolute atomic E-state index is 0.150. The molecule has 0 spiro atoms. The Morgan fingerprint density at radius 1 is 1.72 bits per heavy atom. The number of pyridine rings is 1. The molecule has 0 amide bonds. The first-order chi connectivity index (χ1) is 8.49. The van der Waals surface area contributed by atoms with Crippen LogP contribution in [0.2, 0.25) is 0 Å². The molecule has 1 aromatic heterocycles. The van der Waals surface area contributed by atoms with Gasteiger partial charge in [0.1, 0.15) is 6.07 Å². The van der Waals surface area contributed by atoms with Crippen LogP contribution in [0.4, 0.5) is 11.5 Å². The van der Waals surface area contributed by atoms with Crippen molar-refractivity contribution in [1.82, 2.24) is 4.98 Å². The van der Waals surface area contributed by atoms with Crippen molar-refractivity contribution in [1.29, 1.82) is 5.26 Å². The zero-order chi connectivity index (χ0) is 13.3. The number of nitro groups is 1. The lowest BCUT2D eigenvalue weighted by molar-refractivity contribution is -0.384. The van der Waals surface area contributed by atoms with Crippen LogP contribution in [-0.2, 0) is 0 Å². The van der Waals surface area contributed by atoms with Gasteiger partial charge in [0.05, 0.1) is 29.2 Å². The number of hydrogen-bond acceptors (Lipinski definition) is 6. The molecule has 1 fully saturated rings. The third-order valence-electron chi connectivity index (χ3n) is 3.10. The van der Waals surface area contributed by atoms with E-state index in [1.807, 2.05) is 13.0 Å². The standard InChI is InChI=1S/C11H12N4O3/c1-2-11(16)6-14(7-11)10-9(15(17)18)3-8(4-12)5-13-10/h3,5,16H,2,6-7H2,1H3. The number of nitriles is 1. The average Bonchev–Trinajstić information content (AvgIpc) is 2.34. The SMILES string of the molecule is CCC1(O)CN(c2ncc(C#N)cc2[N+](=O)[O-])C1. The predicted octanol–water partition coefficient (Wildman–Crippen LogP) is 0.823. The van der Waals surface area contributed by atoms with Crippen LogP contribution in [0.15, 0.2) is 12.3 Å². The molecule has 0 radical (unpaired) electrons. The number of aromatic nitrogens is 1. The molecule has 0 aromatic carbocycles. The van der Waals surface area contributed by atoms with Crippen molar-refractivity contribution in [3.05, 3.63) is 27.9 Å². The number of nitrogens with zero attached hydrogens (tertiary/aromatic N) is 4. The van der Waals surface area contributed by atoms with Gasteiger partial charge in [-0.15, -0.1) is 0 Å². The number of anilines is 1. The maximum atomic E-state index is 10.9. The van der Waals surface area contributed by atoms with Gasteiger partial charge in [0, 0.05) is 12.3 Å². The third-order valence-corrected chi connectivity index (χ3v) is 3.10. The van der Waals surface area contributed by atoms with Crippen LogP contribution in [0, 0.1) is 21.4 Å². The second-order valence-corrected chi connectivity index (χ2v) is 4.37. The van der Waals surface area contributed by atoms with Crippen LogP contribution >= 0.6 is 0 Å². The summed E-state index contributed by atoms with van der Waals surface area (Å²) >= 11 is 0. The highest BCUT2D eigenvalue weighted by molar-refractivity contribution is 5.62. The van der Waals surface area contributed by atoms with E-state index in [-0.39, 0.29) is 17.1 Å². The van der Waals surface area contributed by atoms with E-state index in [9.17, 15) is 15.2 Å². The molecule has 1 aliphatic rings. The number of hydrogen-bond donors (Lipinski definition) is 1. The lowest BCUT2D eigenvalue weighted by Gasteiger charge is -2.46. The molecular weight excluding hydrogens is 236 g/mol. The fourth-order valence-corrected chi connectivity index (χ4v) is 1.92. The molecule has 7 nitrogen and oxygen atoms in total. The molecule has 0 saturated carbocycles. The Morgan fingerprint density at radius 2 is 2.39 bits per heavy atom. The van der Waals surface area contributed by atoms with Gasteiger partial charge in [-0.25, -0.2) is 4.98 Å². The summed E-state index contributed by atoms with van der Waals surface area (Å²) in [7, 11) is 0. The van der Waals surface area contributed by atoms with Crippen LogP contribution in [0.5, 0.6) is 0 Å². The third kappa shape index (κ3) is 1.98. The normalized spacial score (nSPS) is 16.8. The van der Waals surface area contributed by atoms with Gasteiger partial charge in [-0.05, 0) is 6.42 Å². The highest BCUT2D eigenvalue weighted by Gasteiger charge is 2.42. The molecule has 1 aliphatic heterocycles. The van der Waals surface area contributed by atoms with Crippen molar-refractivity contribution in [2.24, 2.45) is 0 Å². The average molecular weight is 248 g/mol. The highest BCUT2D eigenvalue weighted by atomic mass is 16.6. The summed E-state index contributed by atoms with van der Waals surface area (Å²) in [6.07, 6.45) is 1.89. The maximum Gasteiger partial charge on any atom is 0.312 e. The second kappa shape index (κ2) is 4.23. The molecule has 0 atom stereocenters. The van der Waals surface area contributed by atoms with Crippen molar-refractivity contribution in [2.75, 3.05) is 18.0 Å². The predicted molar refractivity (Wildman–Crippen MR) is 63.1 cm³/mol. The van der Waals surface area contributed by atoms with E-state index < -0.39 is 10.5 Å². The van der Waals surface area contributed by atoms with Crippen molar-refractivity contribution in [3.8, 4) is 6.07 Å². The molecule has 2 rings (SSSR count). The summed E-state index contributed by atoms with van der Waals surface area (Å²) in [6.45, 7) is 2.50. The summed E-state index contributed by atoms with van der Waals surface area (Å²) in [5.74, 6) is 0.206. The molecule has 0 bridgehead atoms. The molecule has 18 heavy (non-hydrogen) atoms. The first kappa shape index (κ1) is 12.3. The van der Waals surface area contributed by atoms with E-state index >= 15 is 0 Å². The Labute approximate surface area is 103 Å². The molecule has 7 heteroatoms. The monoisotopic (exact) mass is 248 g/mol. The molecule has 1 N–H and O–H groups in total. The van der Waals surface area contributed by atoms with Crippen LogP contribution in [-0.4, -0.2) is 33.7 Å². The van der Waals surface area contributed by atoms with E-state index in [1.54, 1.807) is 4.90 Å². The van der Waals surface area contributed by atoms with Crippen LogP contribution in [0.25, 0.3) is 0 Å². The maximum absolute atomic E-state index is 10.9. The summed E-state index contributed by atoms with van der Waals surface area (Å²) in [5, 5.41) is 29.5. The lowest BCUT2D eigenvalue weighted by atomic mass is 9.91. The van der Waals surface area contributed by atoms with Crippen LogP contribution < -0.4 is 4.90 Å². The van der Waals surface area contributed by atoms with E-state index in [1.165, 1.54) is 12.3 Å². The number of aliphatic hydroxyl groups is 1. The molecule has 0 unspecified atom stereocenters. The summed E-state index contributed by atoms with van der Waals surface area (Å²) < 4.78 is 0. The highest BCUT2D eigenvalue weighted by Crippen LogP contribution is 2.34. The minimum atomic E-state index is -0.788. The van der Waals surface area contributed by atoms with Crippen molar-refractivity contribution < 1.29 is 10.0 Å². The molecular formula is C11H12N4O3. The van der Waals surface area contributed by atoms with E-state index in [4.69, 9.17) is 5.26 Å². The van der Waals surface area contributed by atoms with E-state index in [2.05, 4.69) is 4.98 Å². The van der Waals surface area contributed by atoms with E-state index in [0.29, 0.717) is 19.5 Å². The number of β-amino-alcohol motifs (C(OH)–C–C–N with tert-alkyl or cyclic N) is 1. The zero-order valence-electron chi connectivity index (χ0n) is 9.83. The molecule has 94 valence electrons. The van der Waals surface area contributed by atoms with Gasteiger partial charge in [0.25, 0.3) is 0 Å². The quantitative estimate of drug-likeness (QED) is 0.627. The van der Waals surface area contributed by atoms with Gasteiger partial charge in [0.15, 0.2) is 0 Å². The van der Waals surface area contributed by atoms with Crippen molar-refractivity contribution >= 4 is 11.5 Å². The first-order valence-corrected chi connectivity index (χ1v) is 5.51. The summed E-state index contributed by atoms with van der Waals surface area (Å²) in [6, 6.07) is 3.02. The zero-order valence-corrected chi connectivity index (χ0v) is 9.83. The Hall–Kier alpha value is -2.20. The van der Waals surface area contributed by atoms with Crippen LogP contribution in [0.1, 0.15) is 18.9 Å². The van der Waals surface area contributed by atoms with Crippen molar-refractivity contribution in [3.63, 3.8) is 0 Å². The largest absolute Gasteiger partial charge is 0.386 e. The van der Waals surface area contributed by atoms with Gasteiger partial charge in [-0.2, -0.15) is 5.26 Å². The second-order valence-electron chi connectivity index (χ2n) is 4.37. The molecule has 0 aliphatic carbocycles. The minimum Gasteiger partial charge on any atom is -0.386 e. The smallest absolute Gasteiger partial charge is 0.312 e. The van der Waals surface area contributed by atoms with Crippen LogP contribution in [0.3, 0.4) is 0 Å². The molecule has 1 aromatic rings. The Kier molecular flexibility index (Phi) is 2.88. The Balaban J connectivity index is 2.30. The number of rotatable bonds is 3. The summed E-state index contributed by atoms with van der Waals surface area (Å²) in [4.78, 5) is 16.0. The van der Waals surface area contributed by atoms with E-state index in [0.717, 1.165) is 0 Å². The summed E-state index contributed by atoms with van der Waals surface area (Å²) in [5.41, 5.74) is -0.840. The Morgan fingerprint density at radius 3 is 2.89 bits per heavy atom. The van der Waals surface area contributed by atoms with Gasteiger partial charge in [0.2, 0.25) is 5.82 Å². The first-order valence-electron chi connectivity index (χ1n) is 5.51. The van der Waals surface area contributed by atoms with Gasteiger partial charge in [-0.1, -0.05) is 6.92 Å². The van der Waals surface area contributed by atoms with Crippen molar-refractivity contribution in [2.45, 2.75) is 18.9 Å². The molecule has 2 heterocycles. The molecule has 1 saturated heterocycles. The fourth-order valence-electron chi connectivity index (χ4n) is 1.92. The van der Waals surface area contributed by atoms with Gasteiger partial charge >= 0.3 is 5.69 Å². The topological polar surface area (TPSA) is 103 Å². The van der Waals surface area contributed by atoms with Gasteiger partial charge in [-0.3, -0.25) is 10.1 Å². The lowest BCUT2D eigenvalue weighted by Crippen LogP contribution is -2.62. The fraction of sp³-hybridized carbons (Fsp3) is 0.455. The Bertz CT molecular complexity index is 532.